The molecule has 0 spiro atoms. The highest BCUT2D eigenvalue weighted by Crippen LogP contribution is 2.25. The van der Waals surface area contributed by atoms with Crippen molar-refractivity contribution in [1.82, 2.24) is 4.31 Å². The zero-order valence-corrected chi connectivity index (χ0v) is 12.5. The summed E-state index contributed by atoms with van der Waals surface area (Å²) in [5.41, 5.74) is 0. The van der Waals surface area contributed by atoms with Crippen LogP contribution in [0.4, 0.5) is 0 Å². The number of aliphatic hydroxyl groups is 1. The number of ether oxygens (including phenoxy) is 2. The Balaban J connectivity index is 2.46. The van der Waals surface area contributed by atoms with Crippen LogP contribution in [0.2, 0.25) is 0 Å². The van der Waals surface area contributed by atoms with Gasteiger partial charge in [-0.2, -0.15) is 12.7 Å². The summed E-state index contributed by atoms with van der Waals surface area (Å²) < 4.78 is 38.7. The average Bonchev–Trinajstić information content (AvgIpc) is 2.43. The maximum Gasteiger partial charge on any atom is 0.337 e. The lowest BCUT2D eigenvalue weighted by atomic mass is 10.3. The van der Waals surface area contributed by atoms with Gasteiger partial charge in [-0.25, -0.2) is 0 Å². The number of rotatable bonds is 8. The van der Waals surface area contributed by atoms with Crippen LogP contribution in [0.25, 0.3) is 0 Å². The normalized spacial score (nSPS) is 13.2. The van der Waals surface area contributed by atoms with E-state index >= 15 is 0 Å². The Hall–Kier alpha value is -1.35. The number of benzene rings is 1. The second-order valence-electron chi connectivity index (χ2n) is 4.14. The molecule has 20 heavy (non-hydrogen) atoms. The van der Waals surface area contributed by atoms with Gasteiger partial charge in [-0.1, -0.05) is 12.1 Å². The van der Waals surface area contributed by atoms with Crippen molar-refractivity contribution in [3.8, 4) is 11.5 Å². The van der Waals surface area contributed by atoms with Crippen molar-refractivity contribution in [3.63, 3.8) is 0 Å². The van der Waals surface area contributed by atoms with Crippen LogP contribution in [0.3, 0.4) is 0 Å². The molecular weight excluding hydrogens is 286 g/mol. The molecule has 7 nitrogen and oxygen atoms in total. The Bertz CT molecular complexity index is 516. The lowest BCUT2D eigenvalue weighted by Crippen LogP contribution is -2.30. The van der Waals surface area contributed by atoms with Gasteiger partial charge in [0.15, 0.2) is 11.5 Å². The fraction of sp³-hybridized carbons (Fsp3) is 0.500. The third kappa shape index (κ3) is 4.97. The molecule has 1 aromatic carbocycles. The second-order valence-corrected chi connectivity index (χ2v) is 5.96. The Kier molecular flexibility index (Phi) is 6.21. The fourth-order valence-corrected chi connectivity index (χ4v) is 1.78. The average molecular weight is 305 g/mol. The zero-order chi connectivity index (χ0) is 15.2. The number of nitrogens with zero attached hydrogens (tertiary/aromatic N) is 1. The van der Waals surface area contributed by atoms with E-state index in [1.807, 2.05) is 0 Å². The van der Waals surface area contributed by atoms with Gasteiger partial charge in [-0.15, -0.1) is 0 Å². The first kappa shape index (κ1) is 16.7. The Morgan fingerprint density at radius 3 is 2.35 bits per heavy atom. The highest BCUT2D eigenvalue weighted by molar-refractivity contribution is 7.84. The van der Waals surface area contributed by atoms with E-state index in [9.17, 15) is 13.5 Å². The maximum atomic E-state index is 11.3. The van der Waals surface area contributed by atoms with Crippen LogP contribution in [-0.4, -0.2) is 58.4 Å². The molecule has 0 fully saturated rings. The Labute approximate surface area is 118 Å². The second kappa shape index (κ2) is 7.44. The van der Waals surface area contributed by atoms with E-state index in [0.717, 1.165) is 4.31 Å². The molecule has 0 amide bonds. The zero-order valence-electron chi connectivity index (χ0n) is 11.6. The number of hydrogen-bond acceptors (Lipinski definition) is 6. The fourth-order valence-electron chi connectivity index (χ4n) is 1.24. The van der Waals surface area contributed by atoms with E-state index in [0.29, 0.717) is 11.5 Å². The maximum absolute atomic E-state index is 11.3. The van der Waals surface area contributed by atoms with E-state index in [1.165, 1.54) is 21.2 Å². The topological polar surface area (TPSA) is 85.3 Å². The summed E-state index contributed by atoms with van der Waals surface area (Å²) in [6.45, 7) is -0.487. The highest BCUT2D eigenvalue weighted by Gasteiger charge is 2.17. The minimum Gasteiger partial charge on any atom is -0.493 e. The lowest BCUT2D eigenvalue weighted by Gasteiger charge is -2.16. The molecule has 0 radical (unpaired) electrons. The molecule has 1 rings (SSSR count). The SMILES string of the molecule is COc1ccccc1OCC(O)COS(=O)(=O)N(C)C. The van der Waals surface area contributed by atoms with Gasteiger partial charge >= 0.3 is 10.3 Å². The molecule has 1 unspecified atom stereocenters. The van der Waals surface area contributed by atoms with Crippen LogP contribution in [0, 0.1) is 0 Å². The molecule has 1 atom stereocenters. The summed E-state index contributed by atoms with van der Waals surface area (Å²) in [7, 11) is 0.390. The van der Waals surface area contributed by atoms with Crippen molar-refractivity contribution >= 4 is 10.3 Å². The van der Waals surface area contributed by atoms with Gasteiger partial charge in [-0.05, 0) is 12.1 Å². The molecule has 0 aliphatic carbocycles. The molecule has 114 valence electrons. The molecule has 0 aliphatic heterocycles. The molecular formula is C12H19NO6S. The number of methoxy groups -OCH3 is 1. The standard InChI is InChI=1S/C12H19NO6S/c1-13(2)20(15,16)19-9-10(14)8-18-12-7-5-4-6-11(12)17-3/h4-7,10,14H,8-9H2,1-3H3. The van der Waals surface area contributed by atoms with Crippen LogP contribution in [0.5, 0.6) is 11.5 Å². The van der Waals surface area contributed by atoms with Crippen LogP contribution < -0.4 is 9.47 Å². The predicted molar refractivity (Wildman–Crippen MR) is 73.1 cm³/mol. The number of para-hydroxylation sites is 2. The summed E-state index contributed by atoms with van der Waals surface area (Å²) in [6, 6.07) is 6.95. The molecule has 0 aliphatic rings. The minimum atomic E-state index is -3.80. The van der Waals surface area contributed by atoms with Crippen molar-refractivity contribution in [2.75, 3.05) is 34.4 Å². The highest BCUT2D eigenvalue weighted by atomic mass is 32.2. The van der Waals surface area contributed by atoms with Gasteiger partial charge in [0.05, 0.1) is 13.7 Å². The van der Waals surface area contributed by atoms with Crippen LogP contribution in [0.1, 0.15) is 0 Å². The van der Waals surface area contributed by atoms with Crippen molar-refractivity contribution < 1.29 is 27.2 Å². The molecule has 0 bridgehead atoms. The monoisotopic (exact) mass is 305 g/mol. The van der Waals surface area contributed by atoms with Gasteiger partial charge in [0, 0.05) is 14.1 Å². The largest absolute Gasteiger partial charge is 0.493 e. The first-order valence-electron chi connectivity index (χ1n) is 5.87. The molecule has 1 N–H and O–H groups in total. The van der Waals surface area contributed by atoms with Gasteiger partial charge in [0.1, 0.15) is 12.7 Å². The predicted octanol–water partition coefficient (Wildman–Crippen LogP) is 0.258. The molecule has 0 saturated carbocycles. The van der Waals surface area contributed by atoms with Crippen LogP contribution >= 0.6 is 0 Å². The number of hydrogen-bond donors (Lipinski definition) is 1. The van der Waals surface area contributed by atoms with Gasteiger partial charge in [0.25, 0.3) is 0 Å². The molecule has 1 aromatic rings. The third-order valence-electron chi connectivity index (χ3n) is 2.36. The van der Waals surface area contributed by atoms with Crippen molar-refractivity contribution in [3.05, 3.63) is 24.3 Å². The number of aliphatic hydroxyl groups excluding tert-OH is 1. The van der Waals surface area contributed by atoms with E-state index in [4.69, 9.17) is 9.47 Å². The lowest BCUT2D eigenvalue weighted by molar-refractivity contribution is 0.0614. The van der Waals surface area contributed by atoms with Gasteiger partial charge in [0.2, 0.25) is 0 Å². The van der Waals surface area contributed by atoms with E-state index in [2.05, 4.69) is 4.18 Å². The van der Waals surface area contributed by atoms with Crippen molar-refractivity contribution in [1.29, 1.82) is 0 Å². The third-order valence-corrected chi connectivity index (χ3v) is 3.69. The van der Waals surface area contributed by atoms with Crippen LogP contribution in [0.15, 0.2) is 24.3 Å². The van der Waals surface area contributed by atoms with Gasteiger partial charge in [-0.3, -0.25) is 4.18 Å². The van der Waals surface area contributed by atoms with E-state index in [1.54, 1.807) is 24.3 Å². The quantitative estimate of drug-likeness (QED) is 0.741. The Morgan fingerprint density at radius 1 is 1.20 bits per heavy atom. The molecule has 0 aromatic heterocycles. The van der Waals surface area contributed by atoms with E-state index in [-0.39, 0.29) is 13.2 Å². The first-order valence-corrected chi connectivity index (χ1v) is 7.24. The molecule has 0 saturated heterocycles. The van der Waals surface area contributed by atoms with E-state index < -0.39 is 16.4 Å². The molecule has 0 heterocycles. The molecule has 8 heteroatoms. The first-order chi connectivity index (χ1) is 9.36. The summed E-state index contributed by atoms with van der Waals surface area (Å²) in [4.78, 5) is 0. The summed E-state index contributed by atoms with van der Waals surface area (Å²) in [6.07, 6.45) is -1.07. The summed E-state index contributed by atoms with van der Waals surface area (Å²) in [5, 5.41) is 9.65. The summed E-state index contributed by atoms with van der Waals surface area (Å²) >= 11 is 0. The summed E-state index contributed by atoms with van der Waals surface area (Å²) in [5.74, 6) is 0.992. The van der Waals surface area contributed by atoms with Crippen molar-refractivity contribution in [2.45, 2.75) is 6.10 Å². The smallest absolute Gasteiger partial charge is 0.337 e. The Morgan fingerprint density at radius 2 is 1.80 bits per heavy atom. The minimum absolute atomic E-state index is 0.108. The van der Waals surface area contributed by atoms with Crippen molar-refractivity contribution in [2.24, 2.45) is 0 Å². The van der Waals surface area contributed by atoms with Crippen LogP contribution in [-0.2, 0) is 14.5 Å². The van der Waals surface area contributed by atoms with Gasteiger partial charge < -0.3 is 14.6 Å².